The van der Waals surface area contributed by atoms with Gasteiger partial charge in [-0.25, -0.2) is 0 Å². The summed E-state index contributed by atoms with van der Waals surface area (Å²) in [7, 11) is 0. The van der Waals surface area contributed by atoms with Crippen LogP contribution in [0.4, 0.5) is 13.2 Å². The molecule has 4 nitrogen and oxygen atoms in total. The molecule has 0 radical (unpaired) electrons. The number of hydrogen-bond donors (Lipinski definition) is 1. The molecule has 0 fully saturated rings. The maximum Gasteiger partial charge on any atom is 0.446 e. The Labute approximate surface area is 146 Å². The summed E-state index contributed by atoms with van der Waals surface area (Å²) in [6.45, 7) is 1.14. The first-order chi connectivity index (χ1) is 11.9. The van der Waals surface area contributed by atoms with Crippen LogP contribution in [0.1, 0.15) is 15.9 Å². The second kappa shape index (κ2) is 7.26. The zero-order valence-electron chi connectivity index (χ0n) is 12.9. The normalized spacial score (nSPS) is 13.4. The number of fused-ring (bicyclic) bond motifs is 1. The van der Waals surface area contributed by atoms with Gasteiger partial charge in [-0.15, -0.1) is 0 Å². The van der Waals surface area contributed by atoms with Crippen molar-refractivity contribution < 1.29 is 27.4 Å². The highest BCUT2D eigenvalue weighted by molar-refractivity contribution is 8.00. The van der Waals surface area contributed by atoms with E-state index in [1.54, 1.807) is 12.1 Å². The molecule has 0 saturated heterocycles. The lowest BCUT2D eigenvalue weighted by atomic mass is 10.1. The molecule has 25 heavy (non-hydrogen) atoms. The van der Waals surface area contributed by atoms with Crippen LogP contribution in [0.2, 0.25) is 0 Å². The molecule has 8 heteroatoms. The summed E-state index contributed by atoms with van der Waals surface area (Å²) in [5.41, 5.74) is -3.29. The van der Waals surface area contributed by atoms with Crippen LogP contribution in [0.15, 0.2) is 47.4 Å². The van der Waals surface area contributed by atoms with E-state index in [1.807, 2.05) is 6.07 Å². The van der Waals surface area contributed by atoms with E-state index in [0.29, 0.717) is 24.7 Å². The Hall–Kier alpha value is -2.35. The molecular weight excluding hydrogens is 355 g/mol. The number of carbonyl (C=O) groups excluding carboxylic acids is 1. The van der Waals surface area contributed by atoms with Gasteiger partial charge in [0.05, 0.1) is 0 Å². The number of amides is 1. The van der Waals surface area contributed by atoms with Crippen LogP contribution in [0.25, 0.3) is 0 Å². The number of nitrogens with one attached hydrogen (secondary N) is 1. The van der Waals surface area contributed by atoms with Gasteiger partial charge in [0.15, 0.2) is 11.5 Å². The van der Waals surface area contributed by atoms with E-state index in [-0.39, 0.29) is 34.7 Å². The average molecular weight is 369 g/mol. The molecule has 132 valence electrons. The molecule has 1 N–H and O–H groups in total. The fourth-order valence-corrected chi connectivity index (χ4v) is 2.90. The Morgan fingerprint density at radius 3 is 2.52 bits per heavy atom. The third-order valence-electron chi connectivity index (χ3n) is 3.44. The highest BCUT2D eigenvalue weighted by atomic mass is 32.2. The van der Waals surface area contributed by atoms with E-state index >= 15 is 0 Å². The molecule has 0 atom stereocenters. The number of ether oxygens (including phenoxy) is 2. The first-order valence-corrected chi connectivity index (χ1v) is 8.25. The fourth-order valence-electron chi connectivity index (χ4n) is 2.36. The highest BCUT2D eigenvalue weighted by Crippen LogP contribution is 2.36. The number of thioether (sulfide) groups is 1. The highest BCUT2D eigenvalue weighted by Gasteiger charge is 2.29. The van der Waals surface area contributed by atoms with Crippen molar-refractivity contribution in [1.29, 1.82) is 0 Å². The SMILES string of the molecule is O=C(NCc1cccc2c1OCCO2)c1ccc(SC(F)(F)F)cc1. The minimum absolute atomic E-state index is 0.0340. The van der Waals surface area contributed by atoms with Crippen molar-refractivity contribution in [1.82, 2.24) is 5.32 Å². The first kappa shape index (κ1) is 17.5. The summed E-state index contributed by atoms with van der Waals surface area (Å²) in [4.78, 5) is 12.2. The molecule has 0 unspecified atom stereocenters. The standard InChI is InChI=1S/C17H14F3NO3S/c18-17(19,20)25-13-6-4-11(5-7-13)16(22)21-10-12-2-1-3-14-15(12)24-9-8-23-14/h1-7H,8-10H2,(H,21,22). The Morgan fingerprint density at radius 2 is 1.80 bits per heavy atom. The first-order valence-electron chi connectivity index (χ1n) is 7.44. The number of para-hydroxylation sites is 1. The Morgan fingerprint density at radius 1 is 1.08 bits per heavy atom. The maximum atomic E-state index is 12.3. The molecule has 1 aliphatic rings. The quantitative estimate of drug-likeness (QED) is 0.828. The number of halogens is 3. The molecule has 0 spiro atoms. The van der Waals surface area contributed by atoms with Crippen molar-refractivity contribution in [3.63, 3.8) is 0 Å². The van der Waals surface area contributed by atoms with Crippen LogP contribution in [-0.2, 0) is 6.54 Å². The van der Waals surface area contributed by atoms with Gasteiger partial charge < -0.3 is 14.8 Å². The Kier molecular flexibility index (Phi) is 5.08. The molecule has 0 aromatic heterocycles. The van der Waals surface area contributed by atoms with Gasteiger partial charge in [0.25, 0.3) is 5.91 Å². The van der Waals surface area contributed by atoms with Crippen LogP contribution < -0.4 is 14.8 Å². The third-order valence-corrected chi connectivity index (χ3v) is 4.18. The van der Waals surface area contributed by atoms with E-state index < -0.39 is 5.51 Å². The van der Waals surface area contributed by atoms with Crippen molar-refractivity contribution in [3.05, 3.63) is 53.6 Å². The summed E-state index contributed by atoms with van der Waals surface area (Å²) < 4.78 is 48.0. The average Bonchev–Trinajstić information content (AvgIpc) is 2.59. The molecule has 1 heterocycles. The second-order valence-corrected chi connectivity index (χ2v) is 6.33. The summed E-state index contributed by atoms with van der Waals surface area (Å²) in [6, 6.07) is 10.7. The summed E-state index contributed by atoms with van der Waals surface area (Å²) in [5, 5.41) is 2.73. The van der Waals surface area contributed by atoms with Crippen LogP contribution in [0, 0.1) is 0 Å². The fraction of sp³-hybridized carbons (Fsp3) is 0.235. The van der Waals surface area contributed by atoms with Gasteiger partial charge in [0.1, 0.15) is 13.2 Å². The van der Waals surface area contributed by atoms with Crippen LogP contribution >= 0.6 is 11.8 Å². The van der Waals surface area contributed by atoms with Crippen LogP contribution in [0.3, 0.4) is 0 Å². The smallest absolute Gasteiger partial charge is 0.446 e. The van der Waals surface area contributed by atoms with Gasteiger partial charge in [-0.2, -0.15) is 13.2 Å². The molecule has 3 rings (SSSR count). The van der Waals surface area contributed by atoms with E-state index in [4.69, 9.17) is 9.47 Å². The summed E-state index contributed by atoms with van der Waals surface area (Å²) in [5.74, 6) is 0.857. The minimum atomic E-state index is -4.35. The maximum absolute atomic E-state index is 12.3. The van der Waals surface area contributed by atoms with Gasteiger partial charge in [0, 0.05) is 22.6 Å². The number of carbonyl (C=O) groups is 1. The van der Waals surface area contributed by atoms with Gasteiger partial charge in [-0.1, -0.05) is 12.1 Å². The van der Waals surface area contributed by atoms with Crippen molar-refractivity contribution in [2.45, 2.75) is 16.9 Å². The van der Waals surface area contributed by atoms with Gasteiger partial charge in [-0.05, 0) is 42.1 Å². The minimum Gasteiger partial charge on any atom is -0.486 e. The molecule has 0 aliphatic carbocycles. The van der Waals surface area contributed by atoms with Gasteiger partial charge in [0.2, 0.25) is 0 Å². The van der Waals surface area contributed by atoms with Crippen molar-refractivity contribution in [3.8, 4) is 11.5 Å². The summed E-state index contributed by atoms with van der Waals surface area (Å²) in [6.07, 6.45) is 0. The lowest BCUT2D eigenvalue weighted by molar-refractivity contribution is -0.0328. The van der Waals surface area contributed by atoms with Crippen molar-refractivity contribution >= 4 is 17.7 Å². The molecule has 1 aliphatic heterocycles. The lowest BCUT2D eigenvalue weighted by Crippen LogP contribution is -2.24. The topological polar surface area (TPSA) is 47.6 Å². The molecule has 1 amide bonds. The third kappa shape index (κ3) is 4.60. The van der Waals surface area contributed by atoms with Gasteiger partial charge >= 0.3 is 5.51 Å². The van der Waals surface area contributed by atoms with Crippen LogP contribution in [-0.4, -0.2) is 24.6 Å². The molecule has 2 aromatic carbocycles. The largest absolute Gasteiger partial charge is 0.486 e. The van der Waals surface area contributed by atoms with Crippen molar-refractivity contribution in [2.24, 2.45) is 0 Å². The van der Waals surface area contributed by atoms with E-state index in [0.717, 1.165) is 5.56 Å². The van der Waals surface area contributed by atoms with E-state index in [2.05, 4.69) is 5.32 Å². The monoisotopic (exact) mass is 369 g/mol. The molecular formula is C17H14F3NO3S. The molecule has 0 bridgehead atoms. The predicted octanol–water partition coefficient (Wildman–Crippen LogP) is 4.00. The lowest BCUT2D eigenvalue weighted by Gasteiger charge is -2.21. The zero-order valence-corrected chi connectivity index (χ0v) is 13.7. The van der Waals surface area contributed by atoms with Crippen molar-refractivity contribution in [2.75, 3.05) is 13.2 Å². The number of benzene rings is 2. The van der Waals surface area contributed by atoms with E-state index in [1.165, 1.54) is 24.3 Å². The van der Waals surface area contributed by atoms with E-state index in [9.17, 15) is 18.0 Å². The van der Waals surface area contributed by atoms with Gasteiger partial charge in [-0.3, -0.25) is 4.79 Å². The Balaban J connectivity index is 1.63. The second-order valence-electron chi connectivity index (χ2n) is 5.20. The number of rotatable bonds is 4. The summed E-state index contributed by atoms with van der Waals surface area (Å²) >= 11 is -0.215. The van der Waals surface area contributed by atoms with Crippen LogP contribution in [0.5, 0.6) is 11.5 Å². The predicted molar refractivity (Wildman–Crippen MR) is 87.0 cm³/mol. The number of alkyl halides is 3. The zero-order chi connectivity index (χ0) is 17.9. The number of hydrogen-bond acceptors (Lipinski definition) is 4. The molecule has 2 aromatic rings. The molecule has 0 saturated carbocycles. The Bertz CT molecular complexity index is 763.